The molecule has 0 fully saturated rings. The van der Waals surface area contributed by atoms with Crippen molar-refractivity contribution in [1.29, 1.82) is 0 Å². The monoisotopic (exact) mass is 273 g/mol. The van der Waals surface area contributed by atoms with E-state index in [9.17, 15) is 13.6 Å². The molecule has 2 aromatic carbocycles. The summed E-state index contributed by atoms with van der Waals surface area (Å²) >= 11 is 0. The summed E-state index contributed by atoms with van der Waals surface area (Å²) in [5, 5.41) is 3.08. The predicted octanol–water partition coefficient (Wildman–Crippen LogP) is 2.86. The first-order valence-corrected chi connectivity index (χ1v) is 6.45. The molecule has 0 aromatic heterocycles. The molecule has 0 bridgehead atoms. The number of benzene rings is 2. The molecule has 1 atom stereocenters. The van der Waals surface area contributed by atoms with Crippen LogP contribution in [0.3, 0.4) is 0 Å². The zero-order valence-corrected chi connectivity index (χ0v) is 10.7. The predicted molar refractivity (Wildman–Crippen MR) is 71.5 cm³/mol. The van der Waals surface area contributed by atoms with Gasteiger partial charge < -0.3 is 5.32 Å². The van der Waals surface area contributed by atoms with Crippen molar-refractivity contribution >= 4 is 5.78 Å². The second-order valence-electron chi connectivity index (χ2n) is 4.87. The van der Waals surface area contributed by atoms with Gasteiger partial charge in [-0.15, -0.1) is 0 Å². The third-order valence-corrected chi connectivity index (χ3v) is 3.61. The third kappa shape index (κ3) is 2.23. The maximum Gasteiger partial charge on any atom is 0.183 e. The van der Waals surface area contributed by atoms with Gasteiger partial charge in [0.25, 0.3) is 0 Å². The van der Waals surface area contributed by atoms with E-state index in [1.54, 1.807) is 0 Å². The van der Waals surface area contributed by atoms with Gasteiger partial charge in [0, 0.05) is 6.54 Å². The lowest BCUT2D eigenvalue weighted by Crippen LogP contribution is -2.42. The Morgan fingerprint density at radius 2 is 1.80 bits per heavy atom. The standard InChI is InChI=1S/C16H13F2NO/c17-13-7-3-6-12(15(13)18)16(20)14-8-10-4-1-2-5-11(10)9-19-14/h1-7,14,19H,8-9H2. The van der Waals surface area contributed by atoms with Crippen molar-refractivity contribution in [2.45, 2.75) is 19.0 Å². The van der Waals surface area contributed by atoms with Crippen molar-refractivity contribution in [3.63, 3.8) is 0 Å². The van der Waals surface area contributed by atoms with Crippen molar-refractivity contribution in [3.05, 3.63) is 70.8 Å². The number of Topliss-reactive ketones (excluding diaryl/α,β-unsaturated/α-hetero) is 1. The van der Waals surface area contributed by atoms with E-state index in [0.29, 0.717) is 13.0 Å². The van der Waals surface area contributed by atoms with Crippen molar-refractivity contribution < 1.29 is 13.6 Å². The fourth-order valence-corrected chi connectivity index (χ4v) is 2.52. The lowest BCUT2D eigenvalue weighted by molar-refractivity contribution is 0.0933. The summed E-state index contributed by atoms with van der Waals surface area (Å²) < 4.78 is 26.9. The van der Waals surface area contributed by atoms with Crippen LogP contribution in [0.25, 0.3) is 0 Å². The number of hydrogen-bond donors (Lipinski definition) is 1. The summed E-state index contributed by atoms with van der Waals surface area (Å²) in [4.78, 5) is 12.3. The summed E-state index contributed by atoms with van der Waals surface area (Å²) in [5.74, 6) is -2.47. The topological polar surface area (TPSA) is 29.1 Å². The minimum Gasteiger partial charge on any atom is -0.303 e. The average Bonchev–Trinajstić information content (AvgIpc) is 2.49. The van der Waals surface area contributed by atoms with Crippen LogP contribution >= 0.6 is 0 Å². The van der Waals surface area contributed by atoms with E-state index in [0.717, 1.165) is 17.2 Å². The minimum atomic E-state index is -1.07. The molecular weight excluding hydrogens is 260 g/mol. The van der Waals surface area contributed by atoms with Crippen LogP contribution in [0.15, 0.2) is 42.5 Å². The fraction of sp³-hybridized carbons (Fsp3) is 0.188. The zero-order chi connectivity index (χ0) is 14.1. The number of ketones is 1. The highest BCUT2D eigenvalue weighted by Crippen LogP contribution is 2.20. The number of carbonyl (C=O) groups excluding carboxylic acids is 1. The van der Waals surface area contributed by atoms with E-state index < -0.39 is 23.5 Å². The molecule has 1 aliphatic heterocycles. The van der Waals surface area contributed by atoms with Gasteiger partial charge in [-0.05, 0) is 29.7 Å². The Kier molecular flexibility index (Phi) is 3.32. The lowest BCUT2D eigenvalue weighted by atomic mass is 9.91. The number of halogens is 2. The van der Waals surface area contributed by atoms with E-state index in [1.807, 2.05) is 24.3 Å². The first-order chi connectivity index (χ1) is 9.66. The van der Waals surface area contributed by atoms with Crippen LogP contribution in [0.4, 0.5) is 8.78 Å². The Morgan fingerprint density at radius 3 is 2.60 bits per heavy atom. The molecule has 3 rings (SSSR count). The van der Waals surface area contributed by atoms with E-state index in [-0.39, 0.29) is 5.56 Å². The molecule has 0 saturated heterocycles. The second kappa shape index (κ2) is 5.13. The Morgan fingerprint density at radius 1 is 1.05 bits per heavy atom. The largest absolute Gasteiger partial charge is 0.303 e. The Hall–Kier alpha value is -2.07. The number of hydrogen-bond acceptors (Lipinski definition) is 2. The number of fused-ring (bicyclic) bond motifs is 1. The van der Waals surface area contributed by atoms with Crippen molar-refractivity contribution in [3.8, 4) is 0 Å². The second-order valence-corrected chi connectivity index (χ2v) is 4.87. The summed E-state index contributed by atoms with van der Waals surface area (Å²) in [5.41, 5.74) is 2.01. The molecule has 1 heterocycles. The zero-order valence-electron chi connectivity index (χ0n) is 10.7. The van der Waals surface area contributed by atoms with E-state index >= 15 is 0 Å². The fourth-order valence-electron chi connectivity index (χ4n) is 2.52. The molecule has 0 radical (unpaired) electrons. The van der Waals surface area contributed by atoms with Gasteiger partial charge >= 0.3 is 0 Å². The molecule has 0 spiro atoms. The van der Waals surface area contributed by atoms with Crippen molar-refractivity contribution in [1.82, 2.24) is 5.32 Å². The van der Waals surface area contributed by atoms with Crippen LogP contribution in [-0.2, 0) is 13.0 Å². The van der Waals surface area contributed by atoms with E-state index in [2.05, 4.69) is 5.32 Å². The molecule has 2 nitrogen and oxygen atoms in total. The smallest absolute Gasteiger partial charge is 0.183 e. The molecule has 1 N–H and O–H groups in total. The SMILES string of the molecule is O=C(c1cccc(F)c1F)C1Cc2ccccc2CN1. The Balaban J connectivity index is 1.88. The Labute approximate surface area is 115 Å². The molecule has 2 aromatic rings. The molecule has 1 aliphatic rings. The number of nitrogens with one attached hydrogen (secondary N) is 1. The highest BCUT2D eigenvalue weighted by atomic mass is 19.2. The number of rotatable bonds is 2. The van der Waals surface area contributed by atoms with Gasteiger partial charge in [-0.3, -0.25) is 4.79 Å². The summed E-state index contributed by atoms with van der Waals surface area (Å²) in [6.07, 6.45) is 0.491. The minimum absolute atomic E-state index is 0.193. The quantitative estimate of drug-likeness (QED) is 0.852. The molecule has 20 heavy (non-hydrogen) atoms. The summed E-state index contributed by atoms with van der Waals surface area (Å²) in [7, 11) is 0. The normalized spacial score (nSPS) is 17.6. The molecular formula is C16H13F2NO. The van der Waals surface area contributed by atoms with Gasteiger partial charge in [-0.25, -0.2) is 8.78 Å². The van der Waals surface area contributed by atoms with Gasteiger partial charge in [0.2, 0.25) is 0 Å². The Bertz CT molecular complexity index is 669. The summed E-state index contributed by atoms with van der Waals surface area (Å²) in [6, 6.07) is 11.0. The van der Waals surface area contributed by atoms with Crippen LogP contribution in [0.5, 0.6) is 0 Å². The lowest BCUT2D eigenvalue weighted by Gasteiger charge is -2.25. The molecule has 0 aliphatic carbocycles. The molecule has 1 unspecified atom stereocenters. The van der Waals surface area contributed by atoms with E-state index in [1.165, 1.54) is 12.1 Å². The molecule has 0 saturated carbocycles. The van der Waals surface area contributed by atoms with E-state index in [4.69, 9.17) is 0 Å². The van der Waals surface area contributed by atoms with Gasteiger partial charge in [0.1, 0.15) is 0 Å². The maximum atomic E-state index is 13.7. The van der Waals surface area contributed by atoms with Crippen LogP contribution in [0.2, 0.25) is 0 Å². The van der Waals surface area contributed by atoms with Gasteiger partial charge in [-0.2, -0.15) is 0 Å². The van der Waals surface area contributed by atoms with Gasteiger partial charge in [0.05, 0.1) is 11.6 Å². The molecule has 0 amide bonds. The highest BCUT2D eigenvalue weighted by molar-refractivity contribution is 6.00. The van der Waals surface area contributed by atoms with Gasteiger partial charge in [-0.1, -0.05) is 30.3 Å². The summed E-state index contributed by atoms with van der Waals surface area (Å²) in [6.45, 7) is 0.559. The third-order valence-electron chi connectivity index (χ3n) is 3.61. The maximum absolute atomic E-state index is 13.7. The van der Waals surface area contributed by atoms with Crippen LogP contribution in [-0.4, -0.2) is 11.8 Å². The van der Waals surface area contributed by atoms with Gasteiger partial charge in [0.15, 0.2) is 17.4 Å². The first kappa shape index (κ1) is 12.9. The van der Waals surface area contributed by atoms with Crippen molar-refractivity contribution in [2.75, 3.05) is 0 Å². The molecule has 4 heteroatoms. The first-order valence-electron chi connectivity index (χ1n) is 6.45. The number of carbonyl (C=O) groups is 1. The van der Waals surface area contributed by atoms with Crippen LogP contribution < -0.4 is 5.32 Å². The van der Waals surface area contributed by atoms with Crippen molar-refractivity contribution in [2.24, 2.45) is 0 Å². The van der Waals surface area contributed by atoms with Crippen LogP contribution in [0.1, 0.15) is 21.5 Å². The average molecular weight is 273 g/mol. The molecule has 102 valence electrons. The van der Waals surface area contributed by atoms with Crippen LogP contribution in [0, 0.1) is 11.6 Å². The highest BCUT2D eigenvalue weighted by Gasteiger charge is 2.27.